The van der Waals surface area contributed by atoms with Gasteiger partial charge in [0.2, 0.25) is 18.1 Å². The number of likely N-dealkylation sites (tertiary alicyclic amines) is 1. The zero-order valence-corrected chi connectivity index (χ0v) is 35.5. The lowest BCUT2D eigenvalue weighted by molar-refractivity contribution is -0.135. The number of ketones is 1. The molecule has 1 aliphatic heterocycles. The highest BCUT2D eigenvalue weighted by molar-refractivity contribution is 7.96. The third-order valence-electron chi connectivity index (χ3n) is 9.81. The Hall–Kier alpha value is -2.18. The highest BCUT2D eigenvalue weighted by Gasteiger charge is 2.39. The van der Waals surface area contributed by atoms with E-state index in [0.717, 1.165) is 64.0 Å². The summed E-state index contributed by atoms with van der Waals surface area (Å²) in [6.45, 7) is 23.0. The lowest BCUT2D eigenvalue weighted by Gasteiger charge is -2.37. The fourth-order valence-corrected chi connectivity index (χ4v) is 6.58. The summed E-state index contributed by atoms with van der Waals surface area (Å²) >= 11 is 1.66. The monoisotopic (exact) mass is 743 g/mol. The molecule has 1 saturated heterocycles. The molecule has 1 heterocycles. The Morgan fingerprint density at radius 1 is 1.00 bits per heavy atom. The first-order valence-electron chi connectivity index (χ1n) is 19.3. The first-order chi connectivity index (χ1) is 23.9. The molecule has 0 aromatic heterocycles. The average molecular weight is 743 g/mol. The molecule has 0 aromatic carbocycles. The van der Waals surface area contributed by atoms with Gasteiger partial charge in [0, 0.05) is 25.2 Å². The smallest absolute Gasteiger partial charge is 0.315 e. The van der Waals surface area contributed by atoms with E-state index in [1.807, 2.05) is 25.1 Å². The van der Waals surface area contributed by atoms with E-state index < -0.39 is 17.9 Å². The number of nitrogens with two attached hydrogens (primary N) is 1. The van der Waals surface area contributed by atoms with Gasteiger partial charge in [0.05, 0.1) is 6.04 Å². The first kappa shape index (κ1) is 50.9. The number of aldehydes is 1. The normalized spacial score (nSPS) is 19.8. The standard InChI is InChI=1S/C23H44N4O2S.C10H17NO3.C5H12.CH5N/c1-16-13-17(2)27(14-16)21(28)20(18-11-9-8-10-12-18)25-22(29)24-19(23(3,4)5)15-26(6)30-7;1-3-4-8(2)5-9(11-7-13)10(14)6-12;1-4-5(2)3;1-2/h16-20H,8-15H2,1-7H3,(H2,24,25,29);6-9H,3-5H2,1-2H3,(H,11,13);5H,4H2,1-3H3;2H2,1H3. The van der Waals surface area contributed by atoms with Crippen molar-refractivity contribution in [3.05, 3.63) is 0 Å². The molecular formula is C39H78N6O5S. The maximum atomic E-state index is 13.5. The first-order valence-corrected chi connectivity index (χ1v) is 20.5. The molecule has 1 saturated carbocycles. The molecule has 2 rings (SSSR count). The van der Waals surface area contributed by atoms with Gasteiger partial charge in [0.25, 0.3) is 0 Å². The van der Waals surface area contributed by atoms with E-state index in [0.29, 0.717) is 24.7 Å². The Morgan fingerprint density at radius 3 is 1.98 bits per heavy atom. The van der Waals surface area contributed by atoms with Gasteiger partial charge in [-0.15, -0.1) is 0 Å². The second-order valence-electron chi connectivity index (χ2n) is 15.9. The van der Waals surface area contributed by atoms with Crippen LogP contribution in [-0.4, -0.2) is 97.2 Å². The van der Waals surface area contributed by atoms with Crippen LogP contribution in [0.15, 0.2) is 0 Å². The maximum Gasteiger partial charge on any atom is 0.315 e. The summed E-state index contributed by atoms with van der Waals surface area (Å²) in [6, 6.07) is -1.04. The molecule has 0 spiro atoms. The van der Waals surface area contributed by atoms with E-state index in [4.69, 9.17) is 0 Å². The third-order valence-corrected chi connectivity index (χ3v) is 10.6. The number of rotatable bonds is 16. The summed E-state index contributed by atoms with van der Waals surface area (Å²) in [4.78, 5) is 60.1. The quantitative estimate of drug-likeness (QED) is 0.0801. The molecule has 5 N–H and O–H groups in total. The van der Waals surface area contributed by atoms with E-state index in [1.165, 1.54) is 19.9 Å². The number of carbonyl (C=O) groups excluding carboxylic acids is 5. The summed E-state index contributed by atoms with van der Waals surface area (Å²) in [5.74, 6) is 1.54. The van der Waals surface area contributed by atoms with Crippen LogP contribution in [0.25, 0.3) is 0 Å². The molecule has 0 radical (unpaired) electrons. The Bertz CT molecular complexity index is 972. The van der Waals surface area contributed by atoms with Gasteiger partial charge in [0.15, 0.2) is 6.29 Å². The van der Waals surface area contributed by atoms with Crippen LogP contribution in [-0.2, 0) is 19.2 Å². The molecule has 2 fully saturated rings. The highest BCUT2D eigenvalue weighted by atomic mass is 32.2. The summed E-state index contributed by atoms with van der Waals surface area (Å²) < 4.78 is 2.13. The second kappa shape index (κ2) is 28.3. The zero-order valence-electron chi connectivity index (χ0n) is 34.7. The number of hydrogen-bond acceptors (Lipinski definition) is 8. The number of nitrogens with one attached hydrogen (secondary N) is 3. The predicted octanol–water partition coefficient (Wildman–Crippen LogP) is 6.44. The topological polar surface area (TPSA) is 154 Å². The maximum absolute atomic E-state index is 13.5. The van der Waals surface area contributed by atoms with Gasteiger partial charge in [-0.25, -0.2) is 4.79 Å². The van der Waals surface area contributed by atoms with Crippen molar-refractivity contribution >= 4 is 42.4 Å². The van der Waals surface area contributed by atoms with Gasteiger partial charge in [0.1, 0.15) is 6.04 Å². The Morgan fingerprint density at radius 2 is 1.57 bits per heavy atom. The van der Waals surface area contributed by atoms with Gasteiger partial charge < -0.3 is 26.6 Å². The van der Waals surface area contributed by atoms with Crippen molar-refractivity contribution in [1.82, 2.24) is 25.2 Å². The van der Waals surface area contributed by atoms with Crippen LogP contribution < -0.4 is 21.7 Å². The van der Waals surface area contributed by atoms with Gasteiger partial charge in [-0.3, -0.25) is 23.5 Å². The largest absolute Gasteiger partial charge is 0.348 e. The van der Waals surface area contributed by atoms with Gasteiger partial charge in [-0.2, -0.15) is 0 Å². The van der Waals surface area contributed by atoms with Crippen molar-refractivity contribution in [3.63, 3.8) is 0 Å². The van der Waals surface area contributed by atoms with Crippen LogP contribution in [0.2, 0.25) is 0 Å². The molecule has 6 unspecified atom stereocenters. The molecule has 0 bridgehead atoms. The molecule has 4 amide bonds. The number of urea groups is 1. The zero-order chi connectivity index (χ0) is 39.7. The van der Waals surface area contributed by atoms with E-state index in [-0.39, 0.29) is 41.6 Å². The molecule has 51 heavy (non-hydrogen) atoms. The minimum atomic E-state index is -0.647. The van der Waals surface area contributed by atoms with Crippen molar-refractivity contribution < 1.29 is 24.0 Å². The fraction of sp³-hybridized carbons (Fsp3) is 0.872. The number of carbonyl (C=O) groups is 5. The van der Waals surface area contributed by atoms with Crippen molar-refractivity contribution in [1.29, 1.82) is 0 Å². The van der Waals surface area contributed by atoms with Gasteiger partial charge in [-0.1, -0.05) is 113 Å². The van der Waals surface area contributed by atoms with E-state index >= 15 is 0 Å². The Labute approximate surface area is 316 Å². The molecular weight excluding hydrogens is 665 g/mol. The summed E-state index contributed by atoms with van der Waals surface area (Å²) in [5, 5.41) is 8.67. The third kappa shape index (κ3) is 21.8. The number of Topliss-reactive ketones (excluding diaryl/α,β-unsaturated/α-hetero) is 1. The summed E-state index contributed by atoms with van der Waals surface area (Å²) in [6.07, 6.45) is 13.2. The minimum Gasteiger partial charge on any atom is -0.348 e. The second-order valence-corrected chi connectivity index (χ2v) is 16.9. The van der Waals surface area contributed by atoms with Gasteiger partial charge in [-0.05, 0) is 82.0 Å². The molecule has 11 nitrogen and oxygen atoms in total. The lowest BCUT2D eigenvalue weighted by Crippen LogP contribution is -2.58. The van der Waals surface area contributed by atoms with E-state index in [1.54, 1.807) is 11.9 Å². The average Bonchev–Trinajstić information content (AvgIpc) is 3.44. The van der Waals surface area contributed by atoms with Crippen LogP contribution in [0.4, 0.5) is 4.79 Å². The van der Waals surface area contributed by atoms with E-state index in [2.05, 4.69) is 88.3 Å². The van der Waals surface area contributed by atoms with Crippen molar-refractivity contribution in [2.24, 2.45) is 34.8 Å². The number of hydrogen-bond donors (Lipinski definition) is 4. The van der Waals surface area contributed by atoms with E-state index in [9.17, 15) is 24.0 Å². The summed E-state index contributed by atoms with van der Waals surface area (Å²) in [5.41, 5.74) is 4.42. The lowest BCUT2D eigenvalue weighted by atomic mass is 9.83. The Balaban J connectivity index is 0. The number of likely N-dealkylation sites (N-methyl/N-ethyl adjacent to an activating group) is 1. The van der Waals surface area contributed by atoms with Crippen LogP contribution >= 0.6 is 11.9 Å². The molecule has 0 aromatic rings. The predicted molar refractivity (Wildman–Crippen MR) is 214 cm³/mol. The molecule has 12 heteroatoms. The van der Waals surface area contributed by atoms with Crippen LogP contribution in [0.1, 0.15) is 133 Å². The number of nitrogens with zero attached hydrogens (tertiary/aromatic N) is 2. The molecule has 2 aliphatic rings. The fourth-order valence-electron chi connectivity index (χ4n) is 6.29. The Kier molecular flexibility index (Phi) is 28.3. The number of amides is 4. The van der Waals surface area contributed by atoms with Gasteiger partial charge >= 0.3 is 6.03 Å². The molecule has 6 atom stereocenters. The van der Waals surface area contributed by atoms with Crippen molar-refractivity contribution in [2.75, 3.05) is 33.4 Å². The summed E-state index contributed by atoms with van der Waals surface area (Å²) in [7, 11) is 3.53. The molecule has 1 aliphatic carbocycles. The van der Waals surface area contributed by atoms with Crippen LogP contribution in [0, 0.1) is 29.1 Å². The highest BCUT2D eigenvalue weighted by Crippen LogP contribution is 2.30. The van der Waals surface area contributed by atoms with Crippen molar-refractivity contribution in [3.8, 4) is 0 Å². The van der Waals surface area contributed by atoms with Crippen LogP contribution in [0.3, 0.4) is 0 Å². The SMILES string of the molecule is CCC(C)C.CCCC(C)CC(NC=O)C(=O)C=O.CN.CSN(C)CC(NC(=O)NC(C(=O)N1CC(C)CC1C)C1CCCCC1)C(C)(C)C. The van der Waals surface area contributed by atoms with Crippen molar-refractivity contribution in [2.45, 2.75) is 158 Å². The minimum absolute atomic E-state index is 0.0113. The van der Waals surface area contributed by atoms with Crippen LogP contribution in [0.5, 0.6) is 0 Å². The molecule has 300 valence electrons.